The van der Waals surface area contributed by atoms with E-state index >= 15 is 0 Å². The summed E-state index contributed by atoms with van der Waals surface area (Å²) in [6.45, 7) is -0.00705. The number of nitrogens with zero attached hydrogens (tertiary/aromatic N) is 1. The first-order valence-corrected chi connectivity index (χ1v) is 5.92. The van der Waals surface area contributed by atoms with Gasteiger partial charge in [-0.2, -0.15) is 0 Å². The first-order valence-electron chi connectivity index (χ1n) is 5.09. The minimum absolute atomic E-state index is 0.159. The molecular weight excluding hydrogens is 262 g/mol. The Bertz CT molecular complexity index is 394. The Balaban J connectivity index is 2.95. The number of carbonyl (C=O) groups is 1. The highest BCUT2D eigenvalue weighted by molar-refractivity contribution is 7.80. The van der Waals surface area contributed by atoms with Crippen LogP contribution < -0.4 is 0 Å². The van der Waals surface area contributed by atoms with Gasteiger partial charge < -0.3 is 15.1 Å². The van der Waals surface area contributed by atoms with Crippen molar-refractivity contribution in [1.82, 2.24) is 4.90 Å². The van der Waals surface area contributed by atoms with Crippen LogP contribution in [0.4, 0.5) is 0 Å². The van der Waals surface area contributed by atoms with Crippen molar-refractivity contribution in [3.8, 4) is 0 Å². The Kier molecular flexibility index (Phi) is 5.77. The van der Waals surface area contributed by atoms with Gasteiger partial charge in [0.25, 0.3) is 5.91 Å². The lowest BCUT2D eigenvalue weighted by molar-refractivity contribution is 0.0684. The summed E-state index contributed by atoms with van der Waals surface area (Å²) >= 11 is 10.1. The quantitative estimate of drug-likeness (QED) is 0.704. The number of hydrogen-bond acceptors (Lipinski definition) is 4. The molecule has 0 unspecified atom stereocenters. The van der Waals surface area contributed by atoms with Crippen LogP contribution in [-0.4, -0.2) is 47.3 Å². The molecule has 1 rings (SSSR count). The zero-order chi connectivity index (χ0) is 12.8. The molecule has 1 aromatic rings. The molecule has 17 heavy (non-hydrogen) atoms. The summed E-state index contributed by atoms with van der Waals surface area (Å²) in [7, 11) is 0. The van der Waals surface area contributed by atoms with Crippen LogP contribution in [0.3, 0.4) is 0 Å². The fourth-order valence-electron chi connectivity index (χ4n) is 1.40. The Morgan fingerprint density at radius 2 is 1.88 bits per heavy atom. The fraction of sp³-hybridized carbons (Fsp3) is 0.364. The topological polar surface area (TPSA) is 60.8 Å². The number of hydrogen-bond donors (Lipinski definition) is 3. The highest BCUT2D eigenvalue weighted by Crippen LogP contribution is 2.21. The van der Waals surface area contributed by atoms with Gasteiger partial charge in [0.05, 0.1) is 23.8 Å². The number of carbonyl (C=O) groups excluding carboxylic acids is 1. The van der Waals surface area contributed by atoms with Crippen molar-refractivity contribution in [2.24, 2.45) is 0 Å². The number of aliphatic hydroxyl groups is 2. The molecule has 1 amide bonds. The van der Waals surface area contributed by atoms with Gasteiger partial charge in [0.2, 0.25) is 0 Å². The summed E-state index contributed by atoms with van der Waals surface area (Å²) in [5, 5.41) is 18.0. The Labute approximate surface area is 110 Å². The Morgan fingerprint density at radius 3 is 2.41 bits per heavy atom. The molecule has 0 bridgehead atoms. The maximum atomic E-state index is 12.1. The molecule has 0 atom stereocenters. The number of aliphatic hydroxyl groups excluding tert-OH is 2. The first kappa shape index (κ1) is 14.3. The number of rotatable bonds is 5. The molecule has 0 saturated carbocycles. The number of thiol groups is 1. The summed E-state index contributed by atoms with van der Waals surface area (Å²) in [5.74, 6) is -0.325. The van der Waals surface area contributed by atoms with Crippen molar-refractivity contribution >= 4 is 30.1 Å². The second kappa shape index (κ2) is 6.86. The lowest BCUT2D eigenvalue weighted by Crippen LogP contribution is -2.36. The average molecular weight is 276 g/mol. The number of amides is 1. The van der Waals surface area contributed by atoms with E-state index in [0.29, 0.717) is 15.5 Å². The van der Waals surface area contributed by atoms with E-state index in [1.165, 1.54) is 4.90 Å². The SMILES string of the molecule is O=C(c1cc(S)ccc1Cl)N(CCO)CCO. The first-order chi connectivity index (χ1) is 8.10. The third kappa shape index (κ3) is 3.89. The van der Waals surface area contributed by atoms with Crippen molar-refractivity contribution in [2.75, 3.05) is 26.3 Å². The van der Waals surface area contributed by atoms with Gasteiger partial charge in [-0.15, -0.1) is 12.6 Å². The molecule has 0 aromatic heterocycles. The largest absolute Gasteiger partial charge is 0.395 e. The summed E-state index contributed by atoms with van der Waals surface area (Å²) in [6, 6.07) is 4.84. The van der Waals surface area contributed by atoms with Crippen LogP contribution in [0, 0.1) is 0 Å². The molecule has 0 aliphatic carbocycles. The molecule has 94 valence electrons. The normalized spacial score (nSPS) is 10.4. The van der Waals surface area contributed by atoms with Crippen LogP contribution in [-0.2, 0) is 0 Å². The van der Waals surface area contributed by atoms with Crippen molar-refractivity contribution in [3.05, 3.63) is 28.8 Å². The van der Waals surface area contributed by atoms with Crippen LogP contribution in [0.5, 0.6) is 0 Å². The molecule has 1 aromatic carbocycles. The number of halogens is 1. The van der Waals surface area contributed by atoms with Crippen molar-refractivity contribution in [1.29, 1.82) is 0 Å². The van der Waals surface area contributed by atoms with Gasteiger partial charge >= 0.3 is 0 Å². The van der Waals surface area contributed by atoms with Crippen molar-refractivity contribution in [3.63, 3.8) is 0 Å². The molecule has 0 saturated heterocycles. The van der Waals surface area contributed by atoms with E-state index < -0.39 is 0 Å². The molecule has 4 nitrogen and oxygen atoms in total. The smallest absolute Gasteiger partial charge is 0.255 e. The van der Waals surface area contributed by atoms with Gasteiger partial charge in [-0.3, -0.25) is 4.79 Å². The van der Waals surface area contributed by atoms with Gasteiger partial charge in [0.15, 0.2) is 0 Å². The molecule has 0 heterocycles. The summed E-state index contributed by atoms with van der Waals surface area (Å²) < 4.78 is 0. The van der Waals surface area contributed by atoms with E-state index in [9.17, 15) is 4.79 Å². The van der Waals surface area contributed by atoms with Crippen LogP contribution in [0.2, 0.25) is 5.02 Å². The highest BCUT2D eigenvalue weighted by Gasteiger charge is 2.17. The molecule has 0 aliphatic heterocycles. The standard InChI is InChI=1S/C11H14ClNO3S/c12-10-2-1-8(17)7-9(10)11(16)13(3-5-14)4-6-15/h1-2,7,14-15,17H,3-6H2. The Morgan fingerprint density at radius 1 is 1.29 bits per heavy atom. The zero-order valence-corrected chi connectivity index (χ0v) is 10.8. The molecular formula is C11H14ClNO3S. The second-order valence-electron chi connectivity index (χ2n) is 3.40. The van der Waals surface area contributed by atoms with Gasteiger partial charge in [0.1, 0.15) is 0 Å². The maximum Gasteiger partial charge on any atom is 0.255 e. The van der Waals surface area contributed by atoms with E-state index in [0.717, 1.165) is 0 Å². The molecule has 0 fully saturated rings. The minimum Gasteiger partial charge on any atom is -0.395 e. The fourth-order valence-corrected chi connectivity index (χ4v) is 1.81. The van der Waals surface area contributed by atoms with Crippen LogP contribution in [0.1, 0.15) is 10.4 Å². The summed E-state index contributed by atoms with van der Waals surface area (Å²) in [5.41, 5.74) is 0.320. The maximum absolute atomic E-state index is 12.1. The van der Waals surface area contributed by atoms with Crippen LogP contribution in [0.25, 0.3) is 0 Å². The van der Waals surface area contributed by atoms with Crippen molar-refractivity contribution < 1.29 is 15.0 Å². The molecule has 0 radical (unpaired) electrons. The van der Waals surface area contributed by atoms with Gasteiger partial charge in [-0.25, -0.2) is 0 Å². The lowest BCUT2D eigenvalue weighted by atomic mass is 10.2. The van der Waals surface area contributed by atoms with Gasteiger partial charge in [-0.05, 0) is 18.2 Å². The highest BCUT2D eigenvalue weighted by atomic mass is 35.5. The summed E-state index contributed by atoms with van der Waals surface area (Å²) in [6.07, 6.45) is 0. The summed E-state index contributed by atoms with van der Waals surface area (Å²) in [4.78, 5) is 14.1. The lowest BCUT2D eigenvalue weighted by Gasteiger charge is -2.21. The molecule has 0 aliphatic rings. The molecule has 2 N–H and O–H groups in total. The van der Waals surface area contributed by atoms with Gasteiger partial charge in [-0.1, -0.05) is 11.6 Å². The molecule has 6 heteroatoms. The average Bonchev–Trinajstić information content (AvgIpc) is 2.31. The third-order valence-corrected chi connectivity index (χ3v) is 2.82. The molecule has 0 spiro atoms. The third-order valence-electron chi connectivity index (χ3n) is 2.21. The van der Waals surface area contributed by atoms with Crippen LogP contribution in [0.15, 0.2) is 23.1 Å². The second-order valence-corrected chi connectivity index (χ2v) is 4.33. The van der Waals surface area contributed by atoms with E-state index in [1.54, 1.807) is 18.2 Å². The number of benzene rings is 1. The monoisotopic (exact) mass is 275 g/mol. The van der Waals surface area contributed by atoms with E-state index in [1.807, 2.05) is 0 Å². The van der Waals surface area contributed by atoms with Crippen LogP contribution >= 0.6 is 24.2 Å². The van der Waals surface area contributed by atoms with Gasteiger partial charge in [0, 0.05) is 18.0 Å². The minimum atomic E-state index is -0.325. The zero-order valence-electron chi connectivity index (χ0n) is 9.14. The van der Waals surface area contributed by atoms with E-state index in [-0.39, 0.29) is 32.2 Å². The van der Waals surface area contributed by atoms with Crippen molar-refractivity contribution in [2.45, 2.75) is 4.90 Å². The van der Waals surface area contributed by atoms with E-state index in [2.05, 4.69) is 12.6 Å². The predicted octanol–water partition coefficient (Wildman–Crippen LogP) is 1.06. The Hall–Kier alpha value is -0.750. The van der Waals surface area contributed by atoms with E-state index in [4.69, 9.17) is 21.8 Å². The predicted molar refractivity (Wildman–Crippen MR) is 68.8 cm³/mol.